The van der Waals surface area contributed by atoms with E-state index in [0.717, 1.165) is 51.4 Å². The summed E-state index contributed by atoms with van der Waals surface area (Å²) in [6, 6.07) is -1.00. The second-order valence-electron chi connectivity index (χ2n) is 14.7. The van der Waals surface area contributed by atoms with Gasteiger partial charge in [0.1, 0.15) is 12.2 Å². The Balaban J connectivity index is 3.79. The number of hydrogen-bond donors (Lipinski definition) is 5. The Labute approximate surface area is 309 Å². The molecule has 6 nitrogen and oxygen atoms in total. The van der Waals surface area contributed by atoms with E-state index in [4.69, 9.17) is 0 Å². The number of nitrogens with one attached hydrogen (secondary N) is 1. The maximum absolute atomic E-state index is 12.5. The SMILES string of the molecule is CCCCCCCCC/C=C/CCCC(O)C(O)C(CO)NC(=O)C(O)CCCCCCCC/C=C\C/C=C\CCCCCCCCCCC. The first-order chi connectivity index (χ1) is 24.5. The highest BCUT2D eigenvalue weighted by molar-refractivity contribution is 5.80. The highest BCUT2D eigenvalue weighted by atomic mass is 16.3. The van der Waals surface area contributed by atoms with Crippen LogP contribution in [0.2, 0.25) is 0 Å². The lowest BCUT2D eigenvalue weighted by Crippen LogP contribution is -2.53. The topological polar surface area (TPSA) is 110 Å². The summed E-state index contributed by atoms with van der Waals surface area (Å²) in [6.45, 7) is 4.01. The summed E-state index contributed by atoms with van der Waals surface area (Å²) < 4.78 is 0. The minimum Gasteiger partial charge on any atom is -0.394 e. The van der Waals surface area contributed by atoms with Crippen molar-refractivity contribution in [3.63, 3.8) is 0 Å². The summed E-state index contributed by atoms with van der Waals surface area (Å²) in [5.74, 6) is -0.603. The predicted molar refractivity (Wildman–Crippen MR) is 214 cm³/mol. The lowest BCUT2D eigenvalue weighted by molar-refractivity contribution is -0.132. The maximum Gasteiger partial charge on any atom is 0.249 e. The van der Waals surface area contributed by atoms with E-state index in [1.807, 2.05) is 0 Å². The number of unbranched alkanes of at least 4 members (excludes halogenated alkanes) is 23. The van der Waals surface area contributed by atoms with Crippen molar-refractivity contribution >= 4 is 5.91 Å². The summed E-state index contributed by atoms with van der Waals surface area (Å²) >= 11 is 0. The van der Waals surface area contributed by atoms with Gasteiger partial charge in [-0.3, -0.25) is 4.79 Å². The predicted octanol–water partition coefficient (Wildman–Crippen LogP) is 11.0. The molecule has 50 heavy (non-hydrogen) atoms. The molecule has 0 aliphatic rings. The van der Waals surface area contributed by atoms with E-state index in [9.17, 15) is 25.2 Å². The Morgan fingerprint density at radius 1 is 0.500 bits per heavy atom. The van der Waals surface area contributed by atoms with Crippen molar-refractivity contribution in [3.05, 3.63) is 36.5 Å². The first-order valence-electron chi connectivity index (χ1n) is 21.4. The second-order valence-corrected chi connectivity index (χ2v) is 14.7. The third-order valence-corrected chi connectivity index (χ3v) is 9.82. The van der Waals surface area contributed by atoms with Crippen molar-refractivity contribution in [2.24, 2.45) is 0 Å². The van der Waals surface area contributed by atoms with Gasteiger partial charge in [0.05, 0.1) is 18.8 Å². The molecule has 0 rings (SSSR count). The smallest absolute Gasteiger partial charge is 0.249 e. The molecule has 0 radical (unpaired) electrons. The molecule has 4 unspecified atom stereocenters. The van der Waals surface area contributed by atoms with E-state index in [-0.39, 0.29) is 0 Å². The average Bonchev–Trinajstić information content (AvgIpc) is 3.12. The molecule has 5 N–H and O–H groups in total. The Kier molecular flexibility index (Phi) is 37.6. The Morgan fingerprint density at radius 3 is 1.32 bits per heavy atom. The number of amides is 1. The average molecular weight is 706 g/mol. The van der Waals surface area contributed by atoms with Gasteiger partial charge < -0.3 is 25.7 Å². The Bertz CT molecular complexity index is 797. The number of aliphatic hydroxyl groups excluding tert-OH is 4. The molecule has 0 aromatic heterocycles. The van der Waals surface area contributed by atoms with Crippen LogP contribution >= 0.6 is 0 Å². The summed E-state index contributed by atoms with van der Waals surface area (Å²) in [4.78, 5) is 12.5. The van der Waals surface area contributed by atoms with E-state index >= 15 is 0 Å². The fourth-order valence-corrected chi connectivity index (χ4v) is 6.37. The molecule has 0 aromatic rings. The number of carbonyl (C=O) groups excluding carboxylic acids is 1. The fourth-order valence-electron chi connectivity index (χ4n) is 6.37. The summed E-state index contributed by atoms with van der Waals surface area (Å²) in [5.41, 5.74) is 0. The van der Waals surface area contributed by atoms with Gasteiger partial charge in [0.2, 0.25) is 5.91 Å². The quantitative estimate of drug-likeness (QED) is 0.0324. The van der Waals surface area contributed by atoms with E-state index in [0.29, 0.717) is 19.3 Å². The van der Waals surface area contributed by atoms with Crippen molar-refractivity contribution in [2.75, 3.05) is 6.61 Å². The number of carbonyl (C=O) groups is 1. The lowest BCUT2D eigenvalue weighted by atomic mass is 10.00. The fraction of sp³-hybridized carbons (Fsp3) is 0.841. The number of allylic oxidation sites excluding steroid dienone is 6. The van der Waals surface area contributed by atoms with Crippen molar-refractivity contribution in [3.8, 4) is 0 Å². The monoisotopic (exact) mass is 706 g/mol. The van der Waals surface area contributed by atoms with E-state index < -0.39 is 36.9 Å². The molecule has 4 atom stereocenters. The molecular formula is C44H83NO5. The first-order valence-corrected chi connectivity index (χ1v) is 21.4. The molecule has 0 fully saturated rings. The van der Waals surface area contributed by atoms with Gasteiger partial charge in [0.15, 0.2) is 0 Å². The van der Waals surface area contributed by atoms with Crippen LogP contribution in [0.5, 0.6) is 0 Å². The highest BCUT2D eigenvalue weighted by Gasteiger charge is 2.28. The van der Waals surface area contributed by atoms with Gasteiger partial charge in [0.25, 0.3) is 0 Å². The maximum atomic E-state index is 12.5. The van der Waals surface area contributed by atoms with Crippen LogP contribution in [0.25, 0.3) is 0 Å². The molecule has 1 amide bonds. The Morgan fingerprint density at radius 2 is 0.880 bits per heavy atom. The van der Waals surface area contributed by atoms with Gasteiger partial charge in [-0.05, 0) is 70.6 Å². The minimum atomic E-state index is -1.28. The molecule has 0 heterocycles. The normalized spacial score (nSPS) is 14.6. The van der Waals surface area contributed by atoms with Crippen LogP contribution in [0.1, 0.15) is 206 Å². The van der Waals surface area contributed by atoms with Crippen molar-refractivity contribution in [1.82, 2.24) is 5.32 Å². The molecule has 0 saturated carbocycles. The third-order valence-electron chi connectivity index (χ3n) is 9.82. The molecule has 0 aromatic carbocycles. The van der Waals surface area contributed by atoms with Gasteiger partial charge >= 0.3 is 0 Å². The van der Waals surface area contributed by atoms with Crippen molar-refractivity contribution in [1.29, 1.82) is 0 Å². The van der Waals surface area contributed by atoms with Gasteiger partial charge in [0, 0.05) is 0 Å². The van der Waals surface area contributed by atoms with Crippen LogP contribution in [0.15, 0.2) is 36.5 Å². The van der Waals surface area contributed by atoms with Crippen LogP contribution in [-0.4, -0.2) is 57.3 Å². The second kappa shape index (κ2) is 38.8. The number of hydrogen-bond acceptors (Lipinski definition) is 5. The molecule has 0 spiro atoms. The lowest BCUT2D eigenvalue weighted by Gasteiger charge is -2.27. The highest BCUT2D eigenvalue weighted by Crippen LogP contribution is 2.14. The van der Waals surface area contributed by atoms with Crippen LogP contribution in [0, 0.1) is 0 Å². The van der Waals surface area contributed by atoms with Gasteiger partial charge in [-0.1, -0.05) is 172 Å². The van der Waals surface area contributed by atoms with Crippen LogP contribution in [0.4, 0.5) is 0 Å². The van der Waals surface area contributed by atoms with E-state index in [1.165, 1.54) is 122 Å². The van der Waals surface area contributed by atoms with Gasteiger partial charge in [-0.25, -0.2) is 0 Å². The zero-order valence-corrected chi connectivity index (χ0v) is 32.9. The Hall–Kier alpha value is -1.47. The summed E-state index contributed by atoms with van der Waals surface area (Å²) in [6.07, 6.45) is 44.6. The van der Waals surface area contributed by atoms with Crippen molar-refractivity contribution in [2.45, 2.75) is 231 Å². The molecule has 0 bridgehead atoms. The standard InChI is InChI=1S/C44H83NO5/c1-3-5-7-9-11-13-15-17-18-19-20-21-22-23-24-25-26-28-30-32-34-36-38-42(48)44(50)45-40(39-46)43(49)41(47)37-35-33-31-29-27-16-14-12-10-8-6-4-2/h20-21,23-24,29,31,40-43,46-49H,3-19,22,25-28,30,32-39H2,1-2H3,(H,45,50)/b21-20-,24-23-,31-29+. The molecule has 294 valence electrons. The van der Waals surface area contributed by atoms with Gasteiger partial charge in [-0.15, -0.1) is 0 Å². The van der Waals surface area contributed by atoms with Crippen LogP contribution < -0.4 is 5.32 Å². The molecule has 0 aliphatic heterocycles. The molecular weight excluding hydrogens is 622 g/mol. The molecule has 6 heteroatoms. The largest absolute Gasteiger partial charge is 0.394 e. The molecule has 0 aliphatic carbocycles. The summed E-state index contributed by atoms with van der Waals surface area (Å²) in [5, 5.41) is 43.5. The first kappa shape index (κ1) is 48.5. The van der Waals surface area contributed by atoms with Crippen LogP contribution in [0.3, 0.4) is 0 Å². The number of aliphatic hydroxyl groups is 4. The van der Waals surface area contributed by atoms with Crippen molar-refractivity contribution < 1.29 is 25.2 Å². The van der Waals surface area contributed by atoms with E-state index in [2.05, 4.69) is 55.6 Å². The van der Waals surface area contributed by atoms with E-state index in [1.54, 1.807) is 0 Å². The zero-order chi connectivity index (χ0) is 36.8. The van der Waals surface area contributed by atoms with Crippen LogP contribution in [-0.2, 0) is 4.79 Å². The minimum absolute atomic E-state index is 0.350. The van der Waals surface area contributed by atoms with Gasteiger partial charge in [-0.2, -0.15) is 0 Å². The zero-order valence-electron chi connectivity index (χ0n) is 32.9. The third kappa shape index (κ3) is 32.4. The number of rotatable bonds is 38. The summed E-state index contributed by atoms with van der Waals surface area (Å²) in [7, 11) is 0. The molecule has 0 saturated heterocycles.